The fourth-order valence-electron chi connectivity index (χ4n) is 3.24. The van der Waals surface area contributed by atoms with Crippen LogP contribution in [0.5, 0.6) is 0 Å². The van der Waals surface area contributed by atoms with E-state index in [0.29, 0.717) is 16.5 Å². The molecule has 33 heavy (non-hydrogen) atoms. The minimum Gasteiger partial charge on any atom is -0.465 e. The van der Waals surface area contributed by atoms with Crippen LogP contribution in [0.2, 0.25) is 0 Å². The molecule has 10 heteroatoms. The number of anilines is 1. The Morgan fingerprint density at radius 1 is 1.06 bits per heavy atom. The van der Waals surface area contributed by atoms with E-state index in [2.05, 4.69) is 4.72 Å². The highest BCUT2D eigenvalue weighted by Gasteiger charge is 2.23. The summed E-state index contributed by atoms with van der Waals surface area (Å²) in [6.07, 6.45) is 0. The van der Waals surface area contributed by atoms with Gasteiger partial charge in [-0.3, -0.25) is 8.93 Å². The standard InChI is InChI=1S/C23H18FNO6S2/c1-30-23(26)18-8-4-2-7-16(18)14-32(27)21-11-10-17(24)13-19(21)25-33(28,29)22-12-15-6-3-5-9-20(15)31-22/h2-13,25H,14H2,1H3. The first-order chi connectivity index (χ1) is 15.8. The predicted molar refractivity (Wildman–Crippen MR) is 121 cm³/mol. The van der Waals surface area contributed by atoms with Gasteiger partial charge in [0.2, 0.25) is 5.09 Å². The predicted octanol–water partition coefficient (Wildman–Crippen LogP) is 4.47. The minimum atomic E-state index is -4.24. The maximum atomic E-state index is 14.0. The van der Waals surface area contributed by atoms with E-state index in [0.717, 1.165) is 12.1 Å². The Bertz CT molecular complexity index is 1450. The highest BCUT2D eigenvalue weighted by Crippen LogP contribution is 2.29. The molecule has 1 N–H and O–H groups in total. The first-order valence-electron chi connectivity index (χ1n) is 9.64. The minimum absolute atomic E-state index is 0.0516. The van der Waals surface area contributed by atoms with Crippen LogP contribution in [0.1, 0.15) is 15.9 Å². The van der Waals surface area contributed by atoms with Crippen LogP contribution in [0.25, 0.3) is 11.0 Å². The number of sulfonamides is 1. The Hall–Kier alpha value is -3.50. The van der Waals surface area contributed by atoms with Crippen LogP contribution >= 0.6 is 0 Å². The summed E-state index contributed by atoms with van der Waals surface area (Å²) in [7, 11) is -4.82. The molecule has 3 aromatic carbocycles. The smallest absolute Gasteiger partial charge is 0.338 e. The van der Waals surface area contributed by atoms with Crippen molar-refractivity contribution < 1.29 is 31.0 Å². The van der Waals surface area contributed by atoms with Gasteiger partial charge in [0, 0.05) is 11.5 Å². The average molecular weight is 488 g/mol. The summed E-state index contributed by atoms with van der Waals surface area (Å²) in [5.74, 6) is -1.42. The largest absolute Gasteiger partial charge is 0.465 e. The number of methoxy groups -OCH3 is 1. The molecule has 1 aromatic heterocycles. The number of halogens is 1. The molecule has 0 aliphatic carbocycles. The van der Waals surface area contributed by atoms with Crippen molar-refractivity contribution in [3.63, 3.8) is 0 Å². The number of hydrogen-bond acceptors (Lipinski definition) is 6. The van der Waals surface area contributed by atoms with Crippen molar-refractivity contribution in [1.82, 2.24) is 0 Å². The summed E-state index contributed by atoms with van der Waals surface area (Å²) in [6, 6.07) is 17.8. The van der Waals surface area contributed by atoms with Crippen molar-refractivity contribution in [1.29, 1.82) is 0 Å². The second-order valence-corrected chi connectivity index (χ2v) is 10.0. The van der Waals surface area contributed by atoms with Crippen molar-refractivity contribution in [3.8, 4) is 0 Å². The molecule has 0 aliphatic rings. The number of hydrogen-bond donors (Lipinski definition) is 1. The zero-order valence-corrected chi connectivity index (χ0v) is 18.9. The second-order valence-electron chi connectivity index (χ2n) is 6.99. The van der Waals surface area contributed by atoms with E-state index in [4.69, 9.17) is 9.15 Å². The molecule has 4 rings (SSSR count). The number of nitrogens with one attached hydrogen (secondary N) is 1. The molecule has 0 amide bonds. The molecule has 1 atom stereocenters. The molecule has 1 unspecified atom stereocenters. The molecule has 0 aliphatic heterocycles. The van der Waals surface area contributed by atoms with Crippen LogP contribution < -0.4 is 4.72 Å². The van der Waals surface area contributed by atoms with Crippen LogP contribution in [-0.2, 0) is 31.3 Å². The van der Waals surface area contributed by atoms with Crippen LogP contribution in [0.3, 0.4) is 0 Å². The van der Waals surface area contributed by atoms with E-state index in [1.165, 1.54) is 25.3 Å². The fraction of sp³-hybridized carbons (Fsp3) is 0.0870. The van der Waals surface area contributed by atoms with Crippen LogP contribution in [0.4, 0.5) is 10.1 Å². The van der Waals surface area contributed by atoms with Gasteiger partial charge in [-0.1, -0.05) is 36.4 Å². The van der Waals surface area contributed by atoms with Crippen LogP contribution in [-0.4, -0.2) is 25.7 Å². The molecular formula is C23H18FNO6S2. The first kappa shape index (κ1) is 22.7. The summed E-state index contributed by atoms with van der Waals surface area (Å²) in [5.41, 5.74) is 0.864. The number of para-hydroxylation sites is 1. The molecule has 0 spiro atoms. The van der Waals surface area contributed by atoms with E-state index in [1.807, 2.05) is 0 Å². The number of benzene rings is 3. The monoisotopic (exact) mass is 487 g/mol. The number of rotatable bonds is 7. The van der Waals surface area contributed by atoms with Gasteiger partial charge in [-0.25, -0.2) is 9.18 Å². The zero-order chi connectivity index (χ0) is 23.6. The summed E-state index contributed by atoms with van der Waals surface area (Å²) >= 11 is 0. The van der Waals surface area contributed by atoms with Gasteiger partial charge in [0.05, 0.1) is 39.8 Å². The molecule has 7 nitrogen and oxygen atoms in total. The lowest BCUT2D eigenvalue weighted by atomic mass is 10.1. The summed E-state index contributed by atoms with van der Waals surface area (Å²) in [6.45, 7) is 0. The van der Waals surface area contributed by atoms with Crippen molar-refractivity contribution in [2.45, 2.75) is 15.7 Å². The van der Waals surface area contributed by atoms with Crippen molar-refractivity contribution in [2.75, 3.05) is 11.8 Å². The Kier molecular flexibility index (Phi) is 6.30. The van der Waals surface area contributed by atoms with Gasteiger partial charge in [-0.15, -0.1) is 0 Å². The lowest BCUT2D eigenvalue weighted by Crippen LogP contribution is -2.15. The Morgan fingerprint density at radius 2 is 1.79 bits per heavy atom. The summed E-state index contributed by atoms with van der Waals surface area (Å²) < 4.78 is 65.4. The topological polar surface area (TPSA) is 103 Å². The van der Waals surface area contributed by atoms with E-state index in [9.17, 15) is 21.8 Å². The molecule has 4 aromatic rings. The van der Waals surface area contributed by atoms with Crippen molar-refractivity contribution in [2.24, 2.45) is 0 Å². The molecule has 0 fully saturated rings. The Labute approximate surface area is 191 Å². The molecule has 1 heterocycles. The van der Waals surface area contributed by atoms with Gasteiger partial charge in [0.1, 0.15) is 11.4 Å². The number of ether oxygens (including phenoxy) is 1. The lowest BCUT2D eigenvalue weighted by Gasteiger charge is -2.13. The highest BCUT2D eigenvalue weighted by molar-refractivity contribution is 7.92. The fourth-order valence-corrected chi connectivity index (χ4v) is 5.61. The maximum absolute atomic E-state index is 14.0. The van der Waals surface area contributed by atoms with Gasteiger partial charge in [0.15, 0.2) is 0 Å². The van der Waals surface area contributed by atoms with E-state index < -0.39 is 32.6 Å². The van der Waals surface area contributed by atoms with Gasteiger partial charge < -0.3 is 9.15 Å². The Morgan fingerprint density at radius 3 is 2.55 bits per heavy atom. The van der Waals surface area contributed by atoms with E-state index in [1.54, 1.807) is 42.5 Å². The Balaban J connectivity index is 1.67. The molecular weight excluding hydrogens is 469 g/mol. The molecule has 170 valence electrons. The van der Waals surface area contributed by atoms with Crippen LogP contribution in [0.15, 0.2) is 87.2 Å². The number of carbonyl (C=O) groups is 1. The SMILES string of the molecule is COC(=O)c1ccccc1CS(=O)c1ccc(F)cc1NS(=O)(=O)c1cc2ccccc2o1. The van der Waals surface area contributed by atoms with E-state index in [-0.39, 0.29) is 27.0 Å². The molecule has 0 radical (unpaired) electrons. The van der Waals surface area contributed by atoms with Gasteiger partial charge in [-0.05, 0) is 35.9 Å². The van der Waals surface area contributed by atoms with Gasteiger partial charge >= 0.3 is 5.97 Å². The maximum Gasteiger partial charge on any atom is 0.338 e. The third-order valence-electron chi connectivity index (χ3n) is 4.81. The van der Waals surface area contributed by atoms with Crippen LogP contribution in [0, 0.1) is 5.82 Å². The third kappa shape index (κ3) is 4.81. The molecule has 0 saturated carbocycles. The zero-order valence-electron chi connectivity index (χ0n) is 17.3. The summed E-state index contributed by atoms with van der Waals surface area (Å²) in [4.78, 5) is 12.1. The lowest BCUT2D eigenvalue weighted by molar-refractivity contribution is 0.0600. The number of esters is 1. The quantitative estimate of drug-likeness (QED) is 0.386. The molecule has 0 bridgehead atoms. The summed E-state index contributed by atoms with van der Waals surface area (Å²) in [5, 5.41) is 0.223. The first-order valence-corrected chi connectivity index (χ1v) is 12.4. The average Bonchev–Trinajstić information content (AvgIpc) is 3.24. The highest BCUT2D eigenvalue weighted by atomic mass is 32.2. The molecule has 0 saturated heterocycles. The van der Waals surface area contributed by atoms with Crippen molar-refractivity contribution in [3.05, 3.63) is 89.7 Å². The van der Waals surface area contributed by atoms with Gasteiger partial charge in [-0.2, -0.15) is 8.42 Å². The van der Waals surface area contributed by atoms with Gasteiger partial charge in [0.25, 0.3) is 10.0 Å². The number of fused-ring (bicyclic) bond motifs is 1. The van der Waals surface area contributed by atoms with Crippen molar-refractivity contribution >= 4 is 43.4 Å². The third-order valence-corrected chi connectivity index (χ3v) is 7.45. The second kappa shape index (κ2) is 9.16. The number of furan rings is 1. The normalized spacial score (nSPS) is 12.4. The number of carbonyl (C=O) groups excluding carboxylic acids is 1. The van der Waals surface area contributed by atoms with E-state index >= 15 is 0 Å².